The maximum absolute atomic E-state index is 14.3. The molecule has 0 heterocycles. The van der Waals surface area contributed by atoms with E-state index in [-0.39, 0.29) is 34.8 Å². The number of amides is 2. The monoisotopic (exact) mass is 663 g/mol. The first-order chi connectivity index (χ1) is 21.3. The molecule has 1 atom stereocenters. The number of rotatable bonds is 11. The lowest BCUT2D eigenvalue weighted by molar-refractivity contribution is -0.140. The Morgan fingerprint density at radius 3 is 2.29 bits per heavy atom. The normalized spacial score (nSPS) is 14.9. The lowest BCUT2D eigenvalue weighted by Gasteiger charge is -2.34. The van der Waals surface area contributed by atoms with Crippen LogP contribution in [0.4, 0.5) is 18.9 Å². The summed E-state index contributed by atoms with van der Waals surface area (Å²) >= 11 is 6.33. The number of carbonyl (C=O) groups is 2. The summed E-state index contributed by atoms with van der Waals surface area (Å²) in [5.74, 6) is -1.13. The molecule has 1 aliphatic carbocycles. The zero-order valence-electron chi connectivity index (χ0n) is 25.2. The van der Waals surface area contributed by atoms with E-state index in [9.17, 15) is 31.2 Å². The average molecular weight is 664 g/mol. The molecule has 0 saturated heterocycles. The topological polar surface area (TPSA) is 86.8 Å². The smallest absolute Gasteiger partial charge is 0.352 e. The van der Waals surface area contributed by atoms with Crippen LogP contribution in [0.15, 0.2) is 77.7 Å². The molecule has 3 aromatic carbocycles. The minimum atomic E-state index is -4.80. The van der Waals surface area contributed by atoms with E-state index >= 15 is 0 Å². The lowest BCUT2D eigenvalue weighted by atomic mass is 9.95. The van der Waals surface area contributed by atoms with Crippen molar-refractivity contribution in [3.05, 3.63) is 94.5 Å². The molecule has 1 aliphatic rings. The van der Waals surface area contributed by atoms with E-state index in [2.05, 4.69) is 5.32 Å². The molecule has 12 heteroatoms. The number of halogens is 4. The number of nitrogens with one attached hydrogen (secondary N) is 1. The first-order valence-electron chi connectivity index (χ1n) is 14.9. The summed E-state index contributed by atoms with van der Waals surface area (Å²) in [5.41, 5.74) is 0.00176. The molecule has 2 amide bonds. The number of hydrogen-bond donors (Lipinski definition) is 1. The summed E-state index contributed by atoms with van der Waals surface area (Å²) in [6.07, 6.45) is 0.135. The van der Waals surface area contributed by atoms with Crippen LogP contribution in [-0.2, 0) is 32.3 Å². The third-order valence-corrected chi connectivity index (χ3v) is 10.0. The largest absolute Gasteiger partial charge is 0.416 e. The van der Waals surface area contributed by atoms with Crippen LogP contribution in [0.25, 0.3) is 0 Å². The van der Waals surface area contributed by atoms with Crippen LogP contribution in [0.5, 0.6) is 0 Å². The van der Waals surface area contributed by atoms with Crippen molar-refractivity contribution in [2.75, 3.05) is 10.8 Å². The zero-order valence-corrected chi connectivity index (χ0v) is 26.8. The number of sulfonamides is 1. The van der Waals surface area contributed by atoms with Gasteiger partial charge in [0.25, 0.3) is 10.0 Å². The first-order valence-corrected chi connectivity index (χ1v) is 16.7. The van der Waals surface area contributed by atoms with Gasteiger partial charge < -0.3 is 10.2 Å². The molecule has 0 aliphatic heterocycles. The molecule has 3 aromatic rings. The third-order valence-electron chi connectivity index (χ3n) is 7.93. The molecule has 0 bridgehead atoms. The number of nitrogens with zero attached hydrogens (tertiary/aromatic N) is 2. The van der Waals surface area contributed by atoms with Crippen LogP contribution in [0.1, 0.15) is 62.1 Å². The van der Waals surface area contributed by atoms with Crippen molar-refractivity contribution in [2.24, 2.45) is 0 Å². The second kappa shape index (κ2) is 14.7. The van der Waals surface area contributed by atoms with E-state index in [1.807, 2.05) is 25.1 Å². The molecule has 0 spiro atoms. The van der Waals surface area contributed by atoms with Gasteiger partial charge in [0.1, 0.15) is 12.6 Å². The second-order valence-electron chi connectivity index (χ2n) is 11.3. The van der Waals surface area contributed by atoms with E-state index < -0.39 is 45.9 Å². The number of hydrogen-bond acceptors (Lipinski definition) is 4. The van der Waals surface area contributed by atoms with Crippen LogP contribution in [-0.4, -0.2) is 43.8 Å². The molecule has 0 unspecified atom stereocenters. The highest BCUT2D eigenvalue weighted by Crippen LogP contribution is 2.37. The summed E-state index contributed by atoms with van der Waals surface area (Å²) in [6.45, 7) is 2.72. The Balaban J connectivity index is 1.78. The van der Waals surface area contributed by atoms with Crippen molar-refractivity contribution in [1.29, 1.82) is 0 Å². The first kappa shape index (κ1) is 34.3. The Bertz CT molecular complexity index is 1600. The summed E-state index contributed by atoms with van der Waals surface area (Å²) in [4.78, 5) is 29.0. The van der Waals surface area contributed by atoms with Gasteiger partial charge in [0.15, 0.2) is 0 Å². The Kier molecular flexibility index (Phi) is 11.2. The van der Waals surface area contributed by atoms with Gasteiger partial charge in [0, 0.05) is 12.6 Å². The number of benzene rings is 3. The van der Waals surface area contributed by atoms with E-state index in [1.54, 1.807) is 19.1 Å². The molecule has 7 nitrogen and oxygen atoms in total. The summed E-state index contributed by atoms with van der Waals surface area (Å²) < 4.78 is 69.8. The van der Waals surface area contributed by atoms with E-state index in [0.717, 1.165) is 49.8 Å². The Morgan fingerprint density at radius 2 is 1.67 bits per heavy atom. The summed E-state index contributed by atoms with van der Waals surface area (Å²) in [6, 6.07) is 15.8. The zero-order chi connectivity index (χ0) is 32.8. The molecule has 0 radical (unpaired) electrons. The van der Waals surface area contributed by atoms with Crippen molar-refractivity contribution in [2.45, 2.75) is 82.1 Å². The van der Waals surface area contributed by atoms with Gasteiger partial charge in [-0.2, -0.15) is 13.2 Å². The number of aryl methyl sites for hydroxylation is 1. The molecule has 4 rings (SSSR count). The van der Waals surface area contributed by atoms with Gasteiger partial charge >= 0.3 is 6.18 Å². The van der Waals surface area contributed by atoms with Gasteiger partial charge in [-0.15, -0.1) is 0 Å². The van der Waals surface area contributed by atoms with Gasteiger partial charge in [0.05, 0.1) is 21.2 Å². The average Bonchev–Trinajstić information content (AvgIpc) is 3.00. The van der Waals surface area contributed by atoms with Gasteiger partial charge in [-0.1, -0.05) is 85.8 Å². The highest BCUT2D eigenvalue weighted by Gasteiger charge is 2.37. The predicted molar refractivity (Wildman–Crippen MR) is 168 cm³/mol. The van der Waals surface area contributed by atoms with Gasteiger partial charge in [-0.3, -0.25) is 13.9 Å². The van der Waals surface area contributed by atoms with Crippen molar-refractivity contribution in [3.8, 4) is 0 Å². The van der Waals surface area contributed by atoms with Crippen LogP contribution in [0.3, 0.4) is 0 Å². The van der Waals surface area contributed by atoms with Crippen molar-refractivity contribution < 1.29 is 31.2 Å². The molecular formula is C33H37ClF3N3O4S. The van der Waals surface area contributed by atoms with Gasteiger partial charge in [-0.25, -0.2) is 8.42 Å². The van der Waals surface area contributed by atoms with E-state index in [4.69, 9.17) is 11.6 Å². The maximum Gasteiger partial charge on any atom is 0.416 e. The molecule has 1 fully saturated rings. The van der Waals surface area contributed by atoms with Crippen LogP contribution in [0, 0.1) is 6.92 Å². The van der Waals surface area contributed by atoms with Crippen molar-refractivity contribution in [1.82, 2.24) is 10.2 Å². The molecule has 0 aromatic heterocycles. The highest BCUT2D eigenvalue weighted by atomic mass is 35.5. The molecule has 45 heavy (non-hydrogen) atoms. The van der Waals surface area contributed by atoms with Gasteiger partial charge in [0.2, 0.25) is 11.8 Å². The van der Waals surface area contributed by atoms with Crippen LogP contribution in [0.2, 0.25) is 5.02 Å². The Hall–Kier alpha value is -3.57. The Morgan fingerprint density at radius 1 is 0.978 bits per heavy atom. The van der Waals surface area contributed by atoms with E-state index in [0.29, 0.717) is 15.9 Å². The maximum atomic E-state index is 14.3. The molecule has 1 N–H and O–H groups in total. The Labute approximate surface area is 267 Å². The molecule has 1 saturated carbocycles. The standard InChI is InChI=1S/C33H37ClF3N3O4S/c1-3-29(32(42)38-26-13-6-4-7-14-26)39(21-24-12-10-11-23(2)19-24)31(41)22-40(45(43,44)27-15-8-5-9-16-27)30-20-25(33(35,36)37)17-18-28(30)34/h5,8-12,15-20,26,29H,3-4,6-7,13-14,21-22H2,1-2H3,(H,38,42)/t29-/m0/s1. The summed E-state index contributed by atoms with van der Waals surface area (Å²) in [7, 11) is -4.59. The number of anilines is 1. The lowest BCUT2D eigenvalue weighted by Crippen LogP contribution is -2.54. The van der Waals surface area contributed by atoms with E-state index in [1.165, 1.54) is 29.2 Å². The minimum Gasteiger partial charge on any atom is -0.352 e. The predicted octanol–water partition coefficient (Wildman–Crippen LogP) is 7.12. The number of carbonyl (C=O) groups excluding carboxylic acids is 2. The van der Waals surface area contributed by atoms with Gasteiger partial charge in [-0.05, 0) is 62.1 Å². The number of alkyl halides is 3. The summed E-state index contributed by atoms with van der Waals surface area (Å²) in [5, 5.41) is 2.78. The van der Waals surface area contributed by atoms with Crippen LogP contribution < -0.4 is 9.62 Å². The minimum absolute atomic E-state index is 0.0212. The van der Waals surface area contributed by atoms with Crippen LogP contribution >= 0.6 is 11.6 Å². The second-order valence-corrected chi connectivity index (χ2v) is 13.5. The van der Waals surface area contributed by atoms with Crippen molar-refractivity contribution >= 4 is 39.1 Å². The fourth-order valence-electron chi connectivity index (χ4n) is 5.58. The molecular weight excluding hydrogens is 627 g/mol. The SMILES string of the molecule is CC[C@@H](C(=O)NC1CCCCC1)N(Cc1cccc(C)c1)C(=O)CN(c1cc(C(F)(F)F)ccc1Cl)S(=O)(=O)c1ccccc1. The third kappa shape index (κ3) is 8.58. The fourth-order valence-corrected chi connectivity index (χ4v) is 7.30. The quantitative estimate of drug-likeness (QED) is 0.237. The fraction of sp³-hybridized carbons (Fsp3) is 0.394. The van der Waals surface area contributed by atoms with Crippen molar-refractivity contribution in [3.63, 3.8) is 0 Å². The highest BCUT2D eigenvalue weighted by molar-refractivity contribution is 7.92. The molecule has 242 valence electrons.